The Morgan fingerprint density at radius 3 is 2.59 bits per heavy atom. The number of para-hydroxylation sites is 2. The standard InChI is InChI=1S/C18H16N2O2/c1-11-6-5-8-13-16(10-12(2)19-17(11)13)20-15-9-4-3-7-14(15)18(21)22/h3-10H,1-2H3,(H,19,20)(H,21,22)/p-1. The number of nitrogens with one attached hydrogen (secondary N) is 1. The van der Waals surface area contributed by atoms with E-state index in [0.717, 1.165) is 27.8 Å². The smallest absolute Gasteiger partial charge is 0.0755 e. The van der Waals surface area contributed by atoms with Crippen LogP contribution in [0.4, 0.5) is 11.4 Å². The third-order valence-electron chi connectivity index (χ3n) is 3.59. The number of carbonyl (C=O) groups excluding carboxylic acids is 1. The van der Waals surface area contributed by atoms with Crippen molar-refractivity contribution in [2.75, 3.05) is 5.32 Å². The Morgan fingerprint density at radius 2 is 1.82 bits per heavy atom. The van der Waals surface area contributed by atoms with Crippen LogP contribution in [0.2, 0.25) is 0 Å². The zero-order valence-corrected chi connectivity index (χ0v) is 12.4. The number of carboxylic acids is 1. The van der Waals surface area contributed by atoms with Gasteiger partial charge in [-0.15, -0.1) is 0 Å². The highest BCUT2D eigenvalue weighted by Crippen LogP contribution is 2.29. The number of pyridine rings is 1. The highest BCUT2D eigenvalue weighted by molar-refractivity contribution is 5.98. The number of hydrogen-bond donors (Lipinski definition) is 1. The Bertz CT molecular complexity index is 872. The molecule has 0 atom stereocenters. The van der Waals surface area contributed by atoms with Gasteiger partial charge in [-0.05, 0) is 31.5 Å². The fraction of sp³-hybridized carbons (Fsp3) is 0.111. The average molecular weight is 291 g/mol. The van der Waals surface area contributed by atoms with E-state index in [2.05, 4.69) is 10.3 Å². The highest BCUT2D eigenvalue weighted by atomic mass is 16.4. The lowest BCUT2D eigenvalue weighted by Crippen LogP contribution is -2.23. The first-order valence-electron chi connectivity index (χ1n) is 7.00. The normalized spacial score (nSPS) is 10.6. The van der Waals surface area contributed by atoms with Crippen LogP contribution in [0.25, 0.3) is 10.9 Å². The summed E-state index contributed by atoms with van der Waals surface area (Å²) in [5, 5.41) is 15.4. The van der Waals surface area contributed by atoms with E-state index >= 15 is 0 Å². The Balaban J connectivity index is 2.16. The molecule has 0 aliphatic heterocycles. The maximum Gasteiger partial charge on any atom is 0.0755 e. The summed E-state index contributed by atoms with van der Waals surface area (Å²) >= 11 is 0. The molecule has 0 saturated carbocycles. The van der Waals surface area contributed by atoms with Crippen LogP contribution in [0.5, 0.6) is 0 Å². The number of rotatable bonds is 3. The van der Waals surface area contributed by atoms with Crippen LogP contribution in [0, 0.1) is 13.8 Å². The second-order valence-electron chi connectivity index (χ2n) is 5.24. The van der Waals surface area contributed by atoms with Gasteiger partial charge in [0.25, 0.3) is 0 Å². The summed E-state index contributed by atoms with van der Waals surface area (Å²) in [6, 6.07) is 14.6. The van der Waals surface area contributed by atoms with E-state index in [0.29, 0.717) is 5.69 Å². The van der Waals surface area contributed by atoms with Crippen LogP contribution >= 0.6 is 0 Å². The first kappa shape index (κ1) is 14.1. The van der Waals surface area contributed by atoms with Gasteiger partial charge in [-0.25, -0.2) is 0 Å². The van der Waals surface area contributed by atoms with E-state index in [4.69, 9.17) is 0 Å². The van der Waals surface area contributed by atoms with E-state index in [1.165, 1.54) is 6.07 Å². The molecule has 0 aliphatic rings. The van der Waals surface area contributed by atoms with Crippen molar-refractivity contribution in [3.05, 3.63) is 65.4 Å². The summed E-state index contributed by atoms with van der Waals surface area (Å²) in [5.74, 6) is -1.20. The van der Waals surface area contributed by atoms with E-state index in [1.54, 1.807) is 18.2 Å². The van der Waals surface area contributed by atoms with Gasteiger partial charge in [0, 0.05) is 28.0 Å². The van der Waals surface area contributed by atoms with Crippen LogP contribution in [-0.2, 0) is 0 Å². The second-order valence-corrected chi connectivity index (χ2v) is 5.24. The van der Waals surface area contributed by atoms with Gasteiger partial charge in [0.1, 0.15) is 0 Å². The first-order chi connectivity index (χ1) is 10.6. The van der Waals surface area contributed by atoms with Crippen molar-refractivity contribution in [1.29, 1.82) is 0 Å². The Hall–Kier alpha value is -2.88. The van der Waals surface area contributed by atoms with Gasteiger partial charge in [0.05, 0.1) is 11.5 Å². The van der Waals surface area contributed by atoms with E-state index in [1.807, 2.05) is 38.1 Å². The summed E-state index contributed by atoms with van der Waals surface area (Å²) in [6.45, 7) is 3.93. The van der Waals surface area contributed by atoms with Crippen LogP contribution < -0.4 is 10.4 Å². The van der Waals surface area contributed by atoms with Crippen LogP contribution in [-0.4, -0.2) is 11.0 Å². The number of aromatic nitrogens is 1. The van der Waals surface area contributed by atoms with Crippen LogP contribution in [0.15, 0.2) is 48.5 Å². The zero-order valence-electron chi connectivity index (χ0n) is 12.4. The predicted octanol–water partition coefficient (Wildman–Crippen LogP) is 2.96. The minimum absolute atomic E-state index is 0.137. The average Bonchev–Trinajstić information content (AvgIpc) is 2.49. The molecule has 1 aromatic heterocycles. The minimum Gasteiger partial charge on any atom is -0.545 e. The third-order valence-corrected chi connectivity index (χ3v) is 3.59. The molecule has 0 radical (unpaired) electrons. The number of carboxylic acid groups (broad SMARTS) is 1. The number of carbonyl (C=O) groups is 1. The topological polar surface area (TPSA) is 65.0 Å². The lowest BCUT2D eigenvalue weighted by molar-refractivity contribution is -0.254. The molecule has 110 valence electrons. The van der Waals surface area contributed by atoms with Crippen molar-refractivity contribution >= 4 is 28.2 Å². The lowest BCUT2D eigenvalue weighted by atomic mass is 10.1. The van der Waals surface area contributed by atoms with Crippen molar-refractivity contribution in [2.45, 2.75) is 13.8 Å². The van der Waals surface area contributed by atoms with Crippen molar-refractivity contribution in [1.82, 2.24) is 4.98 Å². The lowest BCUT2D eigenvalue weighted by Gasteiger charge is -2.15. The molecule has 0 spiro atoms. The molecule has 22 heavy (non-hydrogen) atoms. The molecular weight excluding hydrogens is 276 g/mol. The number of fused-ring (bicyclic) bond motifs is 1. The largest absolute Gasteiger partial charge is 0.545 e. The number of benzene rings is 2. The monoisotopic (exact) mass is 291 g/mol. The van der Waals surface area contributed by atoms with Gasteiger partial charge >= 0.3 is 0 Å². The number of hydrogen-bond acceptors (Lipinski definition) is 4. The van der Waals surface area contributed by atoms with Crippen molar-refractivity contribution in [3.63, 3.8) is 0 Å². The molecule has 0 fully saturated rings. The van der Waals surface area contributed by atoms with E-state index < -0.39 is 5.97 Å². The molecule has 0 bridgehead atoms. The SMILES string of the molecule is Cc1cc(Nc2ccccc2C(=O)[O-])c2cccc(C)c2n1. The Kier molecular flexibility index (Phi) is 3.51. The van der Waals surface area contributed by atoms with Crippen molar-refractivity contribution in [2.24, 2.45) is 0 Å². The maximum absolute atomic E-state index is 11.2. The molecular formula is C18H15N2O2-. The third kappa shape index (κ3) is 2.51. The molecule has 1 heterocycles. The Morgan fingerprint density at radius 1 is 1.05 bits per heavy atom. The molecule has 0 unspecified atom stereocenters. The highest BCUT2D eigenvalue weighted by Gasteiger charge is 2.08. The molecule has 1 N–H and O–H groups in total. The fourth-order valence-electron chi connectivity index (χ4n) is 2.54. The maximum atomic E-state index is 11.2. The van der Waals surface area contributed by atoms with Gasteiger partial charge in [0.2, 0.25) is 0 Å². The van der Waals surface area contributed by atoms with Crippen molar-refractivity contribution in [3.8, 4) is 0 Å². The summed E-state index contributed by atoms with van der Waals surface area (Å²) in [5.41, 5.74) is 4.34. The van der Waals surface area contributed by atoms with E-state index in [-0.39, 0.29) is 5.56 Å². The van der Waals surface area contributed by atoms with Gasteiger partial charge in [-0.1, -0.05) is 36.4 Å². The van der Waals surface area contributed by atoms with E-state index in [9.17, 15) is 9.90 Å². The first-order valence-corrected chi connectivity index (χ1v) is 7.00. The molecule has 4 nitrogen and oxygen atoms in total. The number of nitrogens with zero attached hydrogens (tertiary/aromatic N) is 1. The second kappa shape index (κ2) is 5.48. The number of aromatic carboxylic acids is 1. The predicted molar refractivity (Wildman–Crippen MR) is 85.3 cm³/mol. The van der Waals surface area contributed by atoms with Crippen molar-refractivity contribution < 1.29 is 9.90 Å². The molecule has 4 heteroatoms. The van der Waals surface area contributed by atoms with Gasteiger partial charge < -0.3 is 15.2 Å². The van der Waals surface area contributed by atoms with Gasteiger partial charge in [-0.2, -0.15) is 0 Å². The fourth-order valence-corrected chi connectivity index (χ4v) is 2.54. The molecule has 3 rings (SSSR count). The van der Waals surface area contributed by atoms with Gasteiger partial charge in [0.15, 0.2) is 0 Å². The summed E-state index contributed by atoms with van der Waals surface area (Å²) in [6.07, 6.45) is 0. The molecule has 0 amide bonds. The zero-order chi connectivity index (χ0) is 15.7. The Labute approximate surface area is 128 Å². The molecule has 0 aliphatic carbocycles. The van der Waals surface area contributed by atoms with Crippen LogP contribution in [0.3, 0.4) is 0 Å². The summed E-state index contributed by atoms with van der Waals surface area (Å²) in [4.78, 5) is 15.8. The number of anilines is 2. The number of aryl methyl sites for hydroxylation is 2. The quantitative estimate of drug-likeness (QED) is 0.805. The molecule has 3 aromatic rings. The summed E-state index contributed by atoms with van der Waals surface area (Å²) in [7, 11) is 0. The minimum atomic E-state index is -1.20. The van der Waals surface area contributed by atoms with Gasteiger partial charge in [-0.3, -0.25) is 4.98 Å². The molecule has 2 aromatic carbocycles. The molecule has 0 saturated heterocycles. The summed E-state index contributed by atoms with van der Waals surface area (Å²) < 4.78 is 0. The van der Waals surface area contributed by atoms with Crippen LogP contribution in [0.1, 0.15) is 21.6 Å².